The Morgan fingerprint density at radius 1 is 1.00 bits per heavy atom. The van der Waals surface area contributed by atoms with Crippen LogP contribution in [-0.4, -0.2) is 94.1 Å². The average molecular weight is 416 g/mol. The molecule has 27 heavy (non-hydrogen) atoms. The van der Waals surface area contributed by atoms with Gasteiger partial charge in [0.25, 0.3) is 0 Å². The van der Waals surface area contributed by atoms with Crippen LogP contribution in [0.3, 0.4) is 0 Å². The van der Waals surface area contributed by atoms with Gasteiger partial charge in [-0.05, 0) is 33.0 Å². The molecule has 0 radical (unpaired) electrons. The van der Waals surface area contributed by atoms with Gasteiger partial charge in [0.15, 0.2) is 0 Å². The van der Waals surface area contributed by atoms with E-state index in [1.54, 1.807) is 0 Å². The molecule has 152 valence electrons. The van der Waals surface area contributed by atoms with Gasteiger partial charge in [0, 0.05) is 19.6 Å². The van der Waals surface area contributed by atoms with Gasteiger partial charge in [-0.3, -0.25) is 10.4 Å². The molecular formula is C11H32N9Na2O5+. The van der Waals surface area contributed by atoms with Crippen LogP contribution < -0.4 is 76.0 Å². The third-order valence-electron chi connectivity index (χ3n) is 2.74. The van der Waals surface area contributed by atoms with E-state index in [9.17, 15) is 0 Å². The van der Waals surface area contributed by atoms with Gasteiger partial charge in [-0.25, -0.2) is 15.4 Å². The molecule has 0 fully saturated rings. The predicted molar refractivity (Wildman–Crippen MR) is 84.8 cm³/mol. The molecule has 0 aliphatic heterocycles. The van der Waals surface area contributed by atoms with E-state index in [2.05, 4.69) is 4.74 Å². The molecule has 0 spiro atoms. The monoisotopic (exact) mass is 416 g/mol. The van der Waals surface area contributed by atoms with Crippen molar-refractivity contribution >= 4 is 5.90 Å². The molecule has 0 aliphatic rings. The molecule has 0 saturated carbocycles. The van der Waals surface area contributed by atoms with Gasteiger partial charge in [-0.2, -0.15) is 0 Å². The van der Waals surface area contributed by atoms with E-state index in [1.807, 2.05) is 0 Å². The average Bonchev–Trinajstić information content (AvgIpc) is 2.52. The number of nitrogens with zero attached hydrogens (tertiary/aromatic N) is 6. The van der Waals surface area contributed by atoms with E-state index in [1.165, 1.54) is 24.2 Å². The quantitative estimate of drug-likeness (QED) is 0.0535. The molecule has 0 aromatic rings. The van der Waals surface area contributed by atoms with Crippen LogP contribution in [-0.2, 0) is 4.74 Å². The van der Waals surface area contributed by atoms with Crippen LogP contribution in [0, 0.1) is 0 Å². The molecular weight excluding hydrogens is 384 g/mol. The second-order valence-electron chi connectivity index (χ2n) is 4.58. The number of rotatable bonds is 11. The first-order valence-corrected chi connectivity index (χ1v) is 7.17. The number of hydrogen-bond acceptors (Lipinski definition) is 5. The van der Waals surface area contributed by atoms with E-state index >= 15 is 0 Å². The van der Waals surface area contributed by atoms with Crippen molar-refractivity contribution in [2.45, 2.75) is 19.3 Å². The van der Waals surface area contributed by atoms with Crippen molar-refractivity contribution in [3.63, 3.8) is 0 Å². The SMILES string of the molecule is COC(=[NH2+])CCN(C)[N+](=[N-])O.[N-]=[N+](O)N(CCCN)CCCN.[Na+].[Na+].[OH-].[OH-]. The fourth-order valence-corrected chi connectivity index (χ4v) is 1.30. The summed E-state index contributed by atoms with van der Waals surface area (Å²) in [5.41, 5.74) is 27.7. The molecule has 0 atom stereocenters. The van der Waals surface area contributed by atoms with Crippen molar-refractivity contribution in [3.05, 3.63) is 11.1 Å². The topological polar surface area (TPSA) is 244 Å². The fourth-order valence-electron chi connectivity index (χ4n) is 1.30. The summed E-state index contributed by atoms with van der Waals surface area (Å²) in [6.07, 6.45) is 1.90. The maximum Gasteiger partial charge on any atom is 1.00 e. The number of nitrogens with two attached hydrogens (primary N) is 3. The number of methoxy groups -OCH3 is 1. The molecule has 14 nitrogen and oxygen atoms in total. The molecule has 10 N–H and O–H groups in total. The van der Waals surface area contributed by atoms with Gasteiger partial charge in [-0.1, -0.05) is 11.1 Å². The molecule has 0 bridgehead atoms. The Kier molecular flexibility index (Phi) is 42.6. The summed E-state index contributed by atoms with van der Waals surface area (Å²) >= 11 is 0. The normalized spacial score (nSPS) is 8.00. The van der Waals surface area contributed by atoms with Crippen molar-refractivity contribution < 1.29 is 101 Å². The minimum atomic E-state index is 0. The van der Waals surface area contributed by atoms with E-state index in [-0.39, 0.29) is 80.0 Å². The van der Waals surface area contributed by atoms with E-state index in [0.29, 0.717) is 45.0 Å². The Labute approximate surface area is 204 Å². The van der Waals surface area contributed by atoms with Gasteiger partial charge in [0.2, 0.25) is 0 Å². The minimum absolute atomic E-state index is 0. The van der Waals surface area contributed by atoms with Crippen molar-refractivity contribution in [1.29, 1.82) is 0 Å². The Morgan fingerprint density at radius 3 is 1.67 bits per heavy atom. The summed E-state index contributed by atoms with van der Waals surface area (Å²) in [5, 5.41) is 25.0. The zero-order valence-electron chi connectivity index (χ0n) is 16.8. The van der Waals surface area contributed by atoms with Crippen molar-refractivity contribution in [2.24, 2.45) is 11.5 Å². The van der Waals surface area contributed by atoms with E-state index in [4.69, 9.17) is 38.4 Å². The molecule has 0 aromatic carbocycles. The van der Waals surface area contributed by atoms with Crippen molar-refractivity contribution in [2.75, 3.05) is 46.9 Å². The maximum atomic E-state index is 8.70. The molecule has 16 heteroatoms. The Hall–Kier alpha value is -0.290. The van der Waals surface area contributed by atoms with E-state index < -0.39 is 0 Å². The molecule has 0 rings (SSSR count). The summed E-state index contributed by atoms with van der Waals surface area (Å²) in [7, 11) is 2.97. The van der Waals surface area contributed by atoms with Crippen molar-refractivity contribution in [3.8, 4) is 0 Å². The molecule has 0 amide bonds. The van der Waals surface area contributed by atoms with Crippen LogP contribution in [0.2, 0.25) is 0 Å². The Morgan fingerprint density at radius 2 is 1.41 bits per heavy atom. The van der Waals surface area contributed by atoms with Gasteiger partial charge in [-0.15, -0.1) is 0 Å². The second-order valence-corrected chi connectivity index (χ2v) is 4.58. The van der Waals surface area contributed by atoms with Crippen LogP contribution in [0.1, 0.15) is 19.3 Å². The largest absolute Gasteiger partial charge is 1.00 e. The fraction of sp³-hybridized carbons (Fsp3) is 0.909. The first-order valence-electron chi connectivity index (χ1n) is 7.17. The summed E-state index contributed by atoms with van der Waals surface area (Å²) < 4.78 is 4.67. The smallest absolute Gasteiger partial charge is 0.870 e. The number of ether oxygens (including phenoxy) is 1. The number of hydrogen-bond donors (Lipinski definition) is 5. The summed E-state index contributed by atoms with van der Waals surface area (Å²) in [6.45, 7) is 2.51. The third kappa shape index (κ3) is 28.0. The molecule has 0 saturated heterocycles. The zero-order valence-corrected chi connectivity index (χ0v) is 20.8. The van der Waals surface area contributed by atoms with Gasteiger partial charge in [0.1, 0.15) is 0 Å². The molecule has 0 unspecified atom stereocenters. The Bertz CT molecular complexity index is 361. The van der Waals surface area contributed by atoms with Crippen molar-refractivity contribution in [1.82, 2.24) is 10.0 Å². The standard InChI is InChI=1S/C6H17N5O.C5H12N4O2.2Na.2H2O/c7-3-1-5-10(11(9)12)6-2-4-8;1-8(9(7)10)4-3-5(6)11-2;;;;/h12H,1-8H2;6,10H,3-4H2,1-2H3;;;2*1H2/q;;2*+1;;/p-1. The molecule has 0 aromatic heterocycles. The summed E-state index contributed by atoms with van der Waals surface area (Å²) in [4.78, 5) is 0.105. The van der Waals surface area contributed by atoms with Crippen LogP contribution >= 0.6 is 0 Å². The van der Waals surface area contributed by atoms with Gasteiger partial charge >= 0.3 is 65.0 Å². The van der Waals surface area contributed by atoms with Crippen LogP contribution in [0.25, 0.3) is 11.1 Å². The summed E-state index contributed by atoms with van der Waals surface area (Å²) in [5.74, 6) is 0.360. The van der Waals surface area contributed by atoms with Crippen LogP contribution in [0.5, 0.6) is 0 Å². The van der Waals surface area contributed by atoms with Crippen LogP contribution in [0.4, 0.5) is 0 Å². The molecule has 0 heterocycles. The predicted octanol–water partition coefficient (Wildman–Crippen LogP) is -8.57. The van der Waals surface area contributed by atoms with Gasteiger partial charge in [0.05, 0.1) is 23.5 Å². The van der Waals surface area contributed by atoms with Gasteiger partial charge < -0.3 is 27.2 Å². The minimum Gasteiger partial charge on any atom is -0.870 e. The zero-order chi connectivity index (χ0) is 18.3. The molecule has 0 aliphatic carbocycles. The second kappa shape index (κ2) is 27.9. The third-order valence-corrected chi connectivity index (χ3v) is 2.74. The summed E-state index contributed by atoms with van der Waals surface area (Å²) in [6, 6.07) is 0. The number of hydrazine groups is 2. The Balaban J connectivity index is -0.0000000713. The first kappa shape index (κ1) is 41.2. The first-order chi connectivity index (χ1) is 10.8. The van der Waals surface area contributed by atoms with E-state index in [0.717, 1.165) is 12.8 Å². The van der Waals surface area contributed by atoms with Crippen LogP contribution in [0.15, 0.2) is 0 Å². The maximum absolute atomic E-state index is 8.70.